The average Bonchev–Trinajstić information content (AvgIpc) is 3.09. The molecule has 0 saturated carbocycles. The van der Waals surface area contributed by atoms with Crippen LogP contribution in [-0.4, -0.2) is 27.8 Å². The molecule has 6 nitrogen and oxygen atoms in total. The molecule has 0 fully saturated rings. The monoisotopic (exact) mass is 406 g/mol. The molecule has 0 saturated heterocycles. The van der Waals surface area contributed by atoms with Crippen LogP contribution < -0.4 is 10.6 Å². The number of hydrogen-bond acceptors (Lipinski definition) is 4. The van der Waals surface area contributed by atoms with E-state index in [1.165, 1.54) is 5.56 Å². The average molecular weight is 406 g/mol. The minimum Gasteiger partial charge on any atom is -0.352 e. The van der Waals surface area contributed by atoms with Crippen molar-refractivity contribution in [2.45, 2.75) is 26.6 Å². The topological polar surface area (TPSA) is 67.1 Å². The fourth-order valence-corrected chi connectivity index (χ4v) is 2.31. The normalized spacial score (nSPS) is 11.0. The first kappa shape index (κ1) is 16.9. The third-order valence-electron chi connectivity index (χ3n) is 2.71. The van der Waals surface area contributed by atoms with Gasteiger partial charge in [-0.05, 0) is 29.3 Å². The van der Waals surface area contributed by atoms with E-state index in [2.05, 4.69) is 49.6 Å². The van der Waals surface area contributed by atoms with Crippen LogP contribution in [0.2, 0.25) is 0 Å². The number of aliphatic imine (C=N–C) groups is 1. The Morgan fingerprint density at radius 1 is 1.40 bits per heavy atom. The van der Waals surface area contributed by atoms with Crippen molar-refractivity contribution < 1.29 is 0 Å². The first-order chi connectivity index (χ1) is 9.33. The fourth-order valence-electron chi connectivity index (χ4n) is 1.64. The highest BCUT2D eigenvalue weighted by Crippen LogP contribution is 2.04. The molecule has 2 aromatic rings. The van der Waals surface area contributed by atoms with Gasteiger partial charge in [0.2, 0.25) is 0 Å². The Morgan fingerprint density at radius 2 is 2.20 bits per heavy atom. The standard InChI is InChI=1S/C12H18N6S.HI/c1-3-18-9-16-17-11(18)7-15-12(13-2)14-6-10-4-5-19-8-10;/h4-5,8-9H,3,6-7H2,1-2H3,(H2,13,14,15);1H. The molecular weight excluding hydrogens is 387 g/mol. The van der Waals surface area contributed by atoms with Gasteiger partial charge in [0.25, 0.3) is 0 Å². The summed E-state index contributed by atoms with van der Waals surface area (Å²) >= 11 is 1.69. The third kappa shape index (κ3) is 4.75. The summed E-state index contributed by atoms with van der Waals surface area (Å²) in [6, 6.07) is 2.10. The first-order valence-corrected chi connectivity index (χ1v) is 7.10. The Balaban J connectivity index is 0.00000200. The van der Waals surface area contributed by atoms with Crippen molar-refractivity contribution in [3.63, 3.8) is 0 Å². The molecule has 0 atom stereocenters. The lowest BCUT2D eigenvalue weighted by molar-refractivity contribution is 0.670. The van der Waals surface area contributed by atoms with Gasteiger partial charge in [-0.2, -0.15) is 11.3 Å². The van der Waals surface area contributed by atoms with Crippen LogP contribution in [0, 0.1) is 0 Å². The van der Waals surface area contributed by atoms with Crippen LogP contribution in [0.15, 0.2) is 28.1 Å². The van der Waals surface area contributed by atoms with E-state index in [1.54, 1.807) is 24.7 Å². The molecule has 2 aromatic heterocycles. The fraction of sp³-hybridized carbons (Fsp3) is 0.417. The van der Waals surface area contributed by atoms with Gasteiger partial charge >= 0.3 is 0 Å². The summed E-state index contributed by atoms with van der Waals surface area (Å²) in [5, 5.41) is 18.6. The maximum absolute atomic E-state index is 4.18. The van der Waals surface area contributed by atoms with Crippen molar-refractivity contribution in [2.24, 2.45) is 4.99 Å². The predicted octanol–water partition coefficient (Wildman–Crippen LogP) is 1.84. The van der Waals surface area contributed by atoms with E-state index < -0.39 is 0 Å². The Kier molecular flexibility index (Phi) is 7.52. The van der Waals surface area contributed by atoms with Crippen molar-refractivity contribution >= 4 is 41.3 Å². The van der Waals surface area contributed by atoms with Gasteiger partial charge < -0.3 is 15.2 Å². The van der Waals surface area contributed by atoms with E-state index in [0.29, 0.717) is 6.54 Å². The van der Waals surface area contributed by atoms with Crippen LogP contribution in [0.1, 0.15) is 18.3 Å². The number of hydrogen-bond donors (Lipinski definition) is 2. The second kappa shape index (κ2) is 8.90. The zero-order chi connectivity index (χ0) is 13.5. The van der Waals surface area contributed by atoms with Crippen LogP contribution in [0.5, 0.6) is 0 Å². The largest absolute Gasteiger partial charge is 0.352 e. The lowest BCUT2D eigenvalue weighted by Gasteiger charge is -2.11. The molecule has 0 aromatic carbocycles. The lowest BCUT2D eigenvalue weighted by Crippen LogP contribution is -2.36. The van der Waals surface area contributed by atoms with Crippen LogP contribution in [0.4, 0.5) is 0 Å². The molecule has 0 bridgehead atoms. The summed E-state index contributed by atoms with van der Waals surface area (Å²) in [6.07, 6.45) is 1.73. The maximum Gasteiger partial charge on any atom is 0.191 e. The number of guanidine groups is 1. The van der Waals surface area contributed by atoms with Crippen molar-refractivity contribution in [1.82, 2.24) is 25.4 Å². The van der Waals surface area contributed by atoms with Crippen LogP contribution in [-0.2, 0) is 19.6 Å². The number of halogens is 1. The molecule has 0 spiro atoms. The molecule has 0 unspecified atom stereocenters. The molecule has 0 amide bonds. The summed E-state index contributed by atoms with van der Waals surface area (Å²) in [6.45, 7) is 4.31. The summed E-state index contributed by atoms with van der Waals surface area (Å²) in [5.74, 6) is 1.66. The number of aryl methyl sites for hydroxylation is 1. The number of rotatable bonds is 5. The third-order valence-corrected chi connectivity index (χ3v) is 3.45. The Bertz CT molecular complexity index is 522. The number of nitrogens with one attached hydrogen (secondary N) is 2. The molecule has 8 heteroatoms. The SMILES string of the molecule is CCn1cnnc1CNC(=NC)NCc1ccsc1.I. The van der Waals surface area contributed by atoms with E-state index in [0.717, 1.165) is 24.9 Å². The van der Waals surface area contributed by atoms with Crippen LogP contribution >= 0.6 is 35.3 Å². The van der Waals surface area contributed by atoms with Crippen molar-refractivity contribution in [3.8, 4) is 0 Å². The molecule has 0 aliphatic carbocycles. The van der Waals surface area contributed by atoms with E-state index >= 15 is 0 Å². The quantitative estimate of drug-likeness (QED) is 0.452. The molecule has 20 heavy (non-hydrogen) atoms. The first-order valence-electron chi connectivity index (χ1n) is 6.15. The van der Waals surface area contributed by atoms with Gasteiger partial charge in [-0.15, -0.1) is 34.2 Å². The highest BCUT2D eigenvalue weighted by molar-refractivity contribution is 14.0. The van der Waals surface area contributed by atoms with Crippen LogP contribution in [0.3, 0.4) is 0 Å². The Hall–Kier alpha value is -1.16. The molecule has 0 aliphatic heterocycles. The van der Waals surface area contributed by atoms with Crippen molar-refractivity contribution in [2.75, 3.05) is 7.05 Å². The molecule has 0 aliphatic rings. The van der Waals surface area contributed by atoms with Crippen molar-refractivity contribution in [1.29, 1.82) is 0 Å². The Morgan fingerprint density at radius 3 is 2.85 bits per heavy atom. The van der Waals surface area contributed by atoms with Gasteiger partial charge in [-0.25, -0.2) is 0 Å². The van der Waals surface area contributed by atoms with Gasteiger partial charge in [-0.1, -0.05) is 0 Å². The maximum atomic E-state index is 4.18. The van der Waals surface area contributed by atoms with Crippen molar-refractivity contribution in [3.05, 3.63) is 34.5 Å². The molecule has 2 rings (SSSR count). The molecule has 110 valence electrons. The summed E-state index contributed by atoms with van der Waals surface area (Å²) < 4.78 is 2.00. The van der Waals surface area contributed by atoms with E-state index in [1.807, 2.05) is 4.57 Å². The summed E-state index contributed by atoms with van der Waals surface area (Å²) in [4.78, 5) is 4.18. The molecular formula is C12H19IN6S. The number of aromatic nitrogens is 3. The summed E-state index contributed by atoms with van der Waals surface area (Å²) in [5.41, 5.74) is 1.25. The van der Waals surface area contributed by atoms with Crippen LogP contribution in [0.25, 0.3) is 0 Å². The Labute approximate surface area is 139 Å². The van der Waals surface area contributed by atoms with Gasteiger partial charge in [0.05, 0.1) is 6.54 Å². The zero-order valence-corrected chi connectivity index (χ0v) is 14.7. The molecule has 2 heterocycles. The predicted molar refractivity (Wildman–Crippen MR) is 92.5 cm³/mol. The zero-order valence-electron chi connectivity index (χ0n) is 11.5. The van der Waals surface area contributed by atoms with E-state index in [4.69, 9.17) is 0 Å². The lowest BCUT2D eigenvalue weighted by atomic mass is 10.3. The van der Waals surface area contributed by atoms with Gasteiger partial charge in [0, 0.05) is 20.1 Å². The van der Waals surface area contributed by atoms with Gasteiger partial charge in [0.15, 0.2) is 11.8 Å². The molecule has 0 radical (unpaired) electrons. The number of nitrogens with zero attached hydrogens (tertiary/aromatic N) is 4. The van der Waals surface area contributed by atoms with Gasteiger partial charge in [0.1, 0.15) is 6.33 Å². The second-order valence-corrected chi connectivity index (χ2v) is 4.72. The highest BCUT2D eigenvalue weighted by Gasteiger charge is 2.04. The highest BCUT2D eigenvalue weighted by atomic mass is 127. The summed E-state index contributed by atoms with van der Waals surface area (Å²) in [7, 11) is 1.76. The minimum atomic E-state index is 0. The number of thiophene rings is 1. The van der Waals surface area contributed by atoms with Gasteiger partial charge in [-0.3, -0.25) is 4.99 Å². The van der Waals surface area contributed by atoms with E-state index in [9.17, 15) is 0 Å². The minimum absolute atomic E-state index is 0. The second-order valence-electron chi connectivity index (χ2n) is 3.94. The smallest absolute Gasteiger partial charge is 0.191 e. The van der Waals surface area contributed by atoms with E-state index in [-0.39, 0.29) is 24.0 Å². The molecule has 2 N–H and O–H groups in total.